The summed E-state index contributed by atoms with van der Waals surface area (Å²) in [5.41, 5.74) is 0.378. The zero-order chi connectivity index (χ0) is 11.4. The van der Waals surface area contributed by atoms with Crippen LogP contribution in [0, 0.1) is 11.8 Å². The van der Waals surface area contributed by atoms with Gasteiger partial charge in [-0.3, -0.25) is 4.79 Å². The van der Waals surface area contributed by atoms with Gasteiger partial charge in [-0.15, -0.1) is 0 Å². The highest BCUT2D eigenvalue weighted by Crippen LogP contribution is 2.39. The summed E-state index contributed by atoms with van der Waals surface area (Å²) in [7, 11) is 0. The first-order valence-electron chi connectivity index (χ1n) is 5.05. The Hall–Kier alpha value is -1.32. The minimum atomic E-state index is -0.399. The summed E-state index contributed by atoms with van der Waals surface area (Å²) in [6.45, 7) is 7.52. The molecule has 0 spiro atoms. The minimum absolute atomic E-state index is 0.0807. The van der Waals surface area contributed by atoms with E-state index in [1.54, 1.807) is 13.8 Å². The molecule has 2 atom stereocenters. The molecule has 0 unspecified atom stereocenters. The zero-order valence-corrected chi connectivity index (χ0v) is 9.12. The van der Waals surface area contributed by atoms with Gasteiger partial charge in [0.2, 0.25) is 0 Å². The number of esters is 2. The predicted molar refractivity (Wildman–Crippen MR) is 54.0 cm³/mol. The van der Waals surface area contributed by atoms with Gasteiger partial charge >= 0.3 is 11.9 Å². The molecule has 1 saturated carbocycles. The summed E-state index contributed by atoms with van der Waals surface area (Å²) in [5, 5.41) is 0. The van der Waals surface area contributed by atoms with Crippen molar-refractivity contribution in [3.8, 4) is 0 Å². The lowest BCUT2D eigenvalue weighted by Gasteiger charge is -2.03. The van der Waals surface area contributed by atoms with Gasteiger partial charge in [-0.1, -0.05) is 6.58 Å². The van der Waals surface area contributed by atoms with Gasteiger partial charge in [0.05, 0.1) is 19.1 Å². The van der Waals surface area contributed by atoms with Gasteiger partial charge in [-0.2, -0.15) is 0 Å². The van der Waals surface area contributed by atoms with Crippen LogP contribution < -0.4 is 0 Å². The molecule has 1 rings (SSSR count). The minimum Gasteiger partial charge on any atom is -0.466 e. The van der Waals surface area contributed by atoms with Crippen molar-refractivity contribution in [1.82, 2.24) is 0 Å². The fraction of sp³-hybridized carbons (Fsp3) is 0.636. The van der Waals surface area contributed by atoms with Crippen LogP contribution in [0.15, 0.2) is 12.2 Å². The van der Waals surface area contributed by atoms with Crippen LogP contribution in [0.5, 0.6) is 0 Å². The molecule has 1 fully saturated rings. The zero-order valence-electron chi connectivity index (χ0n) is 9.12. The molecule has 0 aromatic carbocycles. The normalized spacial score (nSPS) is 23.1. The molecule has 0 bridgehead atoms. The van der Waals surface area contributed by atoms with Crippen LogP contribution in [-0.4, -0.2) is 25.2 Å². The maximum atomic E-state index is 11.2. The van der Waals surface area contributed by atoms with Crippen LogP contribution in [0.4, 0.5) is 0 Å². The number of ether oxygens (including phenoxy) is 2. The van der Waals surface area contributed by atoms with Crippen molar-refractivity contribution < 1.29 is 19.1 Å². The van der Waals surface area contributed by atoms with Crippen LogP contribution in [-0.2, 0) is 19.1 Å². The molecule has 0 aromatic rings. The first kappa shape index (κ1) is 11.8. The molecule has 1 aliphatic rings. The van der Waals surface area contributed by atoms with Crippen molar-refractivity contribution in [3.05, 3.63) is 12.2 Å². The van der Waals surface area contributed by atoms with E-state index in [9.17, 15) is 9.59 Å². The molecule has 1 aliphatic carbocycles. The van der Waals surface area contributed by atoms with Crippen molar-refractivity contribution in [2.45, 2.75) is 20.3 Å². The Morgan fingerprint density at radius 1 is 1.40 bits per heavy atom. The molecule has 0 heterocycles. The second kappa shape index (κ2) is 4.96. The van der Waals surface area contributed by atoms with E-state index in [2.05, 4.69) is 6.58 Å². The average molecular weight is 212 g/mol. The second-order valence-electron chi connectivity index (χ2n) is 3.73. The van der Waals surface area contributed by atoms with E-state index in [1.165, 1.54) is 0 Å². The highest BCUT2D eigenvalue weighted by molar-refractivity contribution is 5.87. The summed E-state index contributed by atoms with van der Waals surface area (Å²) in [4.78, 5) is 22.3. The summed E-state index contributed by atoms with van der Waals surface area (Å²) in [5.74, 6) is -0.534. The fourth-order valence-electron chi connectivity index (χ4n) is 1.28. The lowest BCUT2D eigenvalue weighted by molar-refractivity contribution is -0.146. The standard InChI is InChI=1S/C11H16O4/c1-4-14-11(13)9-5-8(9)6-15-10(12)7(2)3/h8-9H,2,4-6H2,1,3H3/t8-,9-/m1/s1. The Labute approximate surface area is 89.2 Å². The molecular formula is C11H16O4. The van der Waals surface area contributed by atoms with Gasteiger partial charge in [0.1, 0.15) is 0 Å². The van der Waals surface area contributed by atoms with E-state index in [-0.39, 0.29) is 24.4 Å². The summed E-state index contributed by atoms with van der Waals surface area (Å²) in [6.07, 6.45) is 0.752. The molecule has 15 heavy (non-hydrogen) atoms. The first-order chi connectivity index (χ1) is 7.06. The van der Waals surface area contributed by atoms with Crippen LogP contribution >= 0.6 is 0 Å². The molecule has 0 aliphatic heterocycles. The largest absolute Gasteiger partial charge is 0.466 e. The van der Waals surface area contributed by atoms with E-state index in [1.807, 2.05) is 0 Å². The maximum Gasteiger partial charge on any atom is 0.333 e. The Kier molecular flexibility index (Phi) is 3.88. The van der Waals surface area contributed by atoms with Gasteiger partial charge in [-0.05, 0) is 20.3 Å². The third-order valence-corrected chi connectivity index (χ3v) is 2.29. The molecule has 0 N–H and O–H groups in total. The molecule has 0 aromatic heterocycles. The molecular weight excluding hydrogens is 196 g/mol. The topological polar surface area (TPSA) is 52.6 Å². The van der Waals surface area contributed by atoms with Crippen molar-refractivity contribution in [2.75, 3.05) is 13.2 Å². The van der Waals surface area contributed by atoms with E-state index in [4.69, 9.17) is 9.47 Å². The number of rotatable bonds is 5. The Morgan fingerprint density at radius 3 is 2.60 bits per heavy atom. The number of carbonyl (C=O) groups is 2. The monoisotopic (exact) mass is 212 g/mol. The summed E-state index contributed by atoms with van der Waals surface area (Å²) in [6, 6.07) is 0. The van der Waals surface area contributed by atoms with Gasteiger partial charge < -0.3 is 9.47 Å². The lowest BCUT2D eigenvalue weighted by Crippen LogP contribution is -2.12. The van der Waals surface area contributed by atoms with Gasteiger partial charge in [0, 0.05) is 11.5 Å². The second-order valence-corrected chi connectivity index (χ2v) is 3.73. The van der Waals surface area contributed by atoms with E-state index < -0.39 is 5.97 Å². The SMILES string of the molecule is C=C(C)C(=O)OC[C@H]1C[C@H]1C(=O)OCC. The van der Waals surface area contributed by atoms with Crippen molar-refractivity contribution in [1.29, 1.82) is 0 Å². The smallest absolute Gasteiger partial charge is 0.333 e. The number of hydrogen-bond acceptors (Lipinski definition) is 4. The number of carbonyl (C=O) groups excluding carboxylic acids is 2. The van der Waals surface area contributed by atoms with Gasteiger partial charge in [0.15, 0.2) is 0 Å². The summed E-state index contributed by atoms with van der Waals surface area (Å²) >= 11 is 0. The lowest BCUT2D eigenvalue weighted by atomic mass is 10.3. The average Bonchev–Trinajstić information content (AvgIpc) is 2.93. The maximum absolute atomic E-state index is 11.2. The van der Waals surface area contributed by atoms with Crippen LogP contribution in [0.1, 0.15) is 20.3 Å². The molecule has 84 valence electrons. The van der Waals surface area contributed by atoms with Gasteiger partial charge in [-0.25, -0.2) is 4.79 Å². The molecule has 4 heteroatoms. The summed E-state index contributed by atoms with van der Waals surface area (Å²) < 4.78 is 9.79. The van der Waals surface area contributed by atoms with E-state index >= 15 is 0 Å². The Morgan fingerprint density at radius 2 is 2.07 bits per heavy atom. The van der Waals surface area contributed by atoms with Crippen molar-refractivity contribution >= 4 is 11.9 Å². The van der Waals surface area contributed by atoms with E-state index in [0.717, 1.165) is 6.42 Å². The van der Waals surface area contributed by atoms with Gasteiger partial charge in [0.25, 0.3) is 0 Å². The first-order valence-corrected chi connectivity index (χ1v) is 5.05. The molecule has 4 nitrogen and oxygen atoms in total. The third-order valence-electron chi connectivity index (χ3n) is 2.29. The van der Waals surface area contributed by atoms with E-state index in [0.29, 0.717) is 12.2 Å². The van der Waals surface area contributed by atoms with Crippen LogP contribution in [0.25, 0.3) is 0 Å². The molecule has 0 saturated heterocycles. The Bertz CT molecular complexity index is 282. The predicted octanol–water partition coefficient (Wildman–Crippen LogP) is 1.30. The fourth-order valence-corrected chi connectivity index (χ4v) is 1.28. The van der Waals surface area contributed by atoms with Crippen molar-refractivity contribution in [3.63, 3.8) is 0 Å². The Balaban J connectivity index is 2.19. The molecule has 0 radical (unpaired) electrons. The quantitative estimate of drug-likeness (QED) is 0.509. The number of hydrogen-bond donors (Lipinski definition) is 0. The molecule has 0 amide bonds. The van der Waals surface area contributed by atoms with Crippen molar-refractivity contribution in [2.24, 2.45) is 11.8 Å². The van der Waals surface area contributed by atoms with Crippen LogP contribution in [0.3, 0.4) is 0 Å². The van der Waals surface area contributed by atoms with Crippen LogP contribution in [0.2, 0.25) is 0 Å². The third kappa shape index (κ3) is 3.38. The highest BCUT2D eigenvalue weighted by Gasteiger charge is 2.44. The highest BCUT2D eigenvalue weighted by atomic mass is 16.5.